The molecule has 9 aromatic carbocycles. The second kappa shape index (κ2) is 16.1. The number of rotatable bonds is 8. The highest BCUT2D eigenvalue weighted by atomic mass is 15.1. The molecule has 1 atom stereocenters. The van der Waals surface area contributed by atoms with Crippen LogP contribution in [0.3, 0.4) is 0 Å². The van der Waals surface area contributed by atoms with Crippen molar-refractivity contribution in [1.29, 1.82) is 0 Å². The van der Waals surface area contributed by atoms with Crippen molar-refractivity contribution >= 4 is 33.1 Å². The van der Waals surface area contributed by atoms with E-state index in [1.807, 2.05) is 0 Å². The van der Waals surface area contributed by atoms with Gasteiger partial charge in [0.2, 0.25) is 0 Å². The van der Waals surface area contributed by atoms with Crippen molar-refractivity contribution in [3.63, 3.8) is 0 Å². The van der Waals surface area contributed by atoms with Crippen molar-refractivity contribution in [2.75, 3.05) is 0 Å². The second-order valence-electron chi connectivity index (χ2n) is 15.8. The monoisotopic (exact) mass is 791 g/mol. The largest absolute Gasteiger partial charge is 0.360 e. The third kappa shape index (κ3) is 7.16. The molecule has 1 N–H and O–H groups in total. The second-order valence-corrected chi connectivity index (χ2v) is 15.8. The molecule has 0 spiro atoms. The van der Waals surface area contributed by atoms with E-state index < -0.39 is 0 Å². The zero-order valence-electron chi connectivity index (χ0n) is 34.0. The predicted molar refractivity (Wildman–Crippen MR) is 260 cm³/mol. The van der Waals surface area contributed by atoms with E-state index in [4.69, 9.17) is 9.98 Å². The van der Waals surface area contributed by atoms with Gasteiger partial charge in [0, 0.05) is 22.2 Å². The Hall–Kier alpha value is -8.14. The molecule has 0 saturated carbocycles. The Balaban J connectivity index is 1.01. The third-order valence-electron chi connectivity index (χ3n) is 11.9. The number of pyridine rings is 1. The van der Waals surface area contributed by atoms with Crippen LogP contribution in [0.1, 0.15) is 22.9 Å². The molecule has 1 aliphatic heterocycles. The summed E-state index contributed by atoms with van der Waals surface area (Å²) < 4.78 is 0. The van der Waals surface area contributed by atoms with E-state index in [9.17, 15) is 0 Å². The van der Waals surface area contributed by atoms with Gasteiger partial charge in [0.25, 0.3) is 0 Å². The summed E-state index contributed by atoms with van der Waals surface area (Å²) >= 11 is 0. The van der Waals surface area contributed by atoms with Crippen LogP contribution in [0.5, 0.6) is 0 Å². The van der Waals surface area contributed by atoms with E-state index in [0.717, 1.165) is 66.9 Å². The van der Waals surface area contributed by atoms with Gasteiger partial charge in [-0.3, -0.25) is 4.99 Å². The molecule has 0 bridgehead atoms. The SMILES string of the molecule is C1=C(c2cccc(-c3ccccc3)c2)NC(c2ccc(-c3cc4nc(-c5ccccc5)cc(-c5ccccc5)c4c4ccccc34)cc2)N=C1c1cccc(-c2ccccc2)c1. The van der Waals surface area contributed by atoms with E-state index in [1.54, 1.807) is 0 Å². The molecule has 2 heterocycles. The summed E-state index contributed by atoms with van der Waals surface area (Å²) in [4.78, 5) is 10.8. The molecule has 0 amide bonds. The summed E-state index contributed by atoms with van der Waals surface area (Å²) in [7, 11) is 0. The molecule has 1 aromatic heterocycles. The minimum absolute atomic E-state index is 0.309. The molecule has 0 fully saturated rings. The van der Waals surface area contributed by atoms with Gasteiger partial charge in [-0.05, 0) is 96.7 Å². The van der Waals surface area contributed by atoms with Crippen LogP contribution < -0.4 is 5.32 Å². The molecule has 3 heteroatoms. The lowest BCUT2D eigenvalue weighted by molar-refractivity contribution is 0.664. The van der Waals surface area contributed by atoms with Crippen molar-refractivity contribution in [2.24, 2.45) is 4.99 Å². The number of hydrogen-bond acceptors (Lipinski definition) is 3. The highest BCUT2D eigenvalue weighted by Gasteiger charge is 2.22. The number of allylic oxidation sites excluding steroid dienone is 1. The molecule has 1 aliphatic rings. The number of nitrogens with one attached hydrogen (secondary N) is 1. The van der Waals surface area contributed by atoms with Gasteiger partial charge in [0.15, 0.2) is 0 Å². The minimum Gasteiger partial charge on any atom is -0.360 e. The van der Waals surface area contributed by atoms with Crippen LogP contribution in [0, 0.1) is 0 Å². The van der Waals surface area contributed by atoms with E-state index in [1.165, 1.54) is 38.6 Å². The topological polar surface area (TPSA) is 37.3 Å². The average molecular weight is 792 g/mol. The van der Waals surface area contributed by atoms with E-state index >= 15 is 0 Å². The van der Waals surface area contributed by atoms with Gasteiger partial charge in [-0.25, -0.2) is 4.98 Å². The lowest BCUT2D eigenvalue weighted by Gasteiger charge is -2.25. The Bertz CT molecular complexity index is 3280. The van der Waals surface area contributed by atoms with Gasteiger partial charge < -0.3 is 5.32 Å². The standard InChI is InChI=1S/C59H41N3/c1-5-17-40(18-6-1)46-25-15-27-48(35-46)55-39-56(49-28-16-26-47(36-49)41-19-7-2-8-20-41)62-59(61-55)45-33-31-43(32-34-45)52-37-57-58(51-30-14-13-29-50(51)52)53(42-21-9-3-10-22-42)38-54(60-57)44-23-11-4-12-24-44/h1-39,59,61H. The lowest BCUT2D eigenvalue weighted by Crippen LogP contribution is -2.24. The zero-order chi connectivity index (χ0) is 41.2. The van der Waals surface area contributed by atoms with Gasteiger partial charge in [0.1, 0.15) is 6.17 Å². The Labute approximate surface area is 362 Å². The number of benzene rings is 9. The Kier molecular flexibility index (Phi) is 9.61. The maximum Gasteiger partial charge on any atom is 0.145 e. The van der Waals surface area contributed by atoms with Gasteiger partial charge >= 0.3 is 0 Å². The maximum absolute atomic E-state index is 5.40. The van der Waals surface area contributed by atoms with Gasteiger partial charge in [-0.1, -0.05) is 206 Å². The normalized spacial score (nSPS) is 13.6. The van der Waals surface area contributed by atoms with Crippen LogP contribution in [-0.4, -0.2) is 10.7 Å². The Morgan fingerprint density at radius 3 is 1.50 bits per heavy atom. The number of fused-ring (bicyclic) bond motifs is 3. The van der Waals surface area contributed by atoms with Crippen LogP contribution in [0.15, 0.2) is 242 Å². The molecular formula is C59H41N3. The predicted octanol–water partition coefficient (Wildman–Crippen LogP) is 14.9. The highest BCUT2D eigenvalue weighted by Crippen LogP contribution is 2.41. The molecule has 0 saturated heterocycles. The zero-order valence-corrected chi connectivity index (χ0v) is 34.0. The van der Waals surface area contributed by atoms with Crippen LogP contribution in [0.2, 0.25) is 0 Å². The molecule has 292 valence electrons. The Morgan fingerprint density at radius 2 is 0.855 bits per heavy atom. The van der Waals surface area contributed by atoms with Crippen LogP contribution >= 0.6 is 0 Å². The minimum atomic E-state index is -0.309. The molecule has 62 heavy (non-hydrogen) atoms. The molecule has 11 rings (SSSR count). The molecule has 1 unspecified atom stereocenters. The first-order valence-electron chi connectivity index (χ1n) is 21.2. The molecule has 3 nitrogen and oxygen atoms in total. The number of aliphatic imine (C=N–C) groups is 1. The van der Waals surface area contributed by atoms with Crippen molar-refractivity contribution in [3.8, 4) is 55.8 Å². The number of hydrogen-bond donors (Lipinski definition) is 1. The quantitative estimate of drug-likeness (QED) is 0.156. The molecule has 0 aliphatic carbocycles. The number of nitrogens with zero attached hydrogens (tertiary/aromatic N) is 2. The van der Waals surface area contributed by atoms with E-state index in [-0.39, 0.29) is 6.17 Å². The summed E-state index contributed by atoms with van der Waals surface area (Å²) in [5.41, 5.74) is 17.6. The first-order valence-corrected chi connectivity index (χ1v) is 21.2. The third-order valence-corrected chi connectivity index (χ3v) is 11.9. The summed E-state index contributed by atoms with van der Waals surface area (Å²) in [5, 5.41) is 7.37. The van der Waals surface area contributed by atoms with Gasteiger partial charge in [0.05, 0.1) is 16.9 Å². The molecule has 10 aromatic rings. The summed E-state index contributed by atoms with van der Waals surface area (Å²) in [5.74, 6) is 0. The summed E-state index contributed by atoms with van der Waals surface area (Å²) in [6.07, 6.45) is 1.89. The van der Waals surface area contributed by atoms with Crippen LogP contribution in [0.4, 0.5) is 0 Å². The average Bonchev–Trinajstić information content (AvgIpc) is 3.37. The molecule has 0 radical (unpaired) electrons. The van der Waals surface area contributed by atoms with Gasteiger partial charge in [-0.2, -0.15) is 0 Å². The maximum atomic E-state index is 5.40. The summed E-state index contributed by atoms with van der Waals surface area (Å²) in [6.45, 7) is 0. The van der Waals surface area contributed by atoms with Gasteiger partial charge in [-0.15, -0.1) is 0 Å². The number of aromatic nitrogens is 1. The first kappa shape index (κ1) is 36.9. The lowest BCUT2D eigenvalue weighted by atomic mass is 9.90. The van der Waals surface area contributed by atoms with E-state index in [2.05, 4.69) is 242 Å². The molecular weight excluding hydrogens is 751 g/mol. The van der Waals surface area contributed by atoms with Crippen molar-refractivity contribution < 1.29 is 0 Å². The van der Waals surface area contributed by atoms with E-state index in [0.29, 0.717) is 0 Å². The summed E-state index contributed by atoms with van der Waals surface area (Å²) in [6, 6.07) is 81.9. The highest BCUT2D eigenvalue weighted by molar-refractivity contribution is 6.18. The first-order chi connectivity index (χ1) is 30.7. The Morgan fingerprint density at radius 1 is 0.355 bits per heavy atom. The van der Waals surface area contributed by atoms with Crippen molar-refractivity contribution in [1.82, 2.24) is 10.3 Å². The smallest absolute Gasteiger partial charge is 0.145 e. The fraction of sp³-hybridized carbons (Fsp3) is 0.0169. The fourth-order valence-electron chi connectivity index (χ4n) is 8.79. The van der Waals surface area contributed by atoms with Crippen LogP contribution in [-0.2, 0) is 0 Å². The fourth-order valence-corrected chi connectivity index (χ4v) is 8.79. The van der Waals surface area contributed by atoms with Crippen LogP contribution in [0.25, 0.3) is 83.1 Å². The van der Waals surface area contributed by atoms with Crippen molar-refractivity contribution in [3.05, 3.63) is 253 Å². The van der Waals surface area contributed by atoms with Crippen molar-refractivity contribution in [2.45, 2.75) is 6.17 Å².